The Morgan fingerprint density at radius 1 is 1.07 bits per heavy atom. The molecule has 3 rings (SSSR count). The van der Waals surface area contributed by atoms with E-state index in [1.54, 1.807) is 0 Å². The van der Waals surface area contributed by atoms with Crippen LogP contribution in [0, 0.1) is 5.92 Å². The Labute approximate surface area is 167 Å². The highest BCUT2D eigenvalue weighted by atomic mass is 35.5. The lowest BCUT2D eigenvalue weighted by atomic mass is 9.86. The van der Waals surface area contributed by atoms with E-state index >= 15 is 0 Å². The smallest absolute Gasteiger partial charge is 0.407 e. The molecule has 1 aliphatic carbocycles. The van der Waals surface area contributed by atoms with Crippen molar-refractivity contribution >= 4 is 24.4 Å². The third kappa shape index (κ3) is 7.03. The molecular weight excluding hydrogens is 366 g/mol. The van der Waals surface area contributed by atoms with Gasteiger partial charge in [-0.25, -0.2) is 4.79 Å². The van der Waals surface area contributed by atoms with E-state index in [0.29, 0.717) is 12.5 Å². The van der Waals surface area contributed by atoms with Crippen molar-refractivity contribution in [2.45, 2.75) is 57.2 Å². The van der Waals surface area contributed by atoms with E-state index in [2.05, 4.69) is 16.0 Å². The van der Waals surface area contributed by atoms with Crippen LogP contribution in [0.4, 0.5) is 4.79 Å². The highest BCUT2D eigenvalue weighted by Crippen LogP contribution is 2.24. The number of carbonyl (C=O) groups is 2. The van der Waals surface area contributed by atoms with E-state index in [9.17, 15) is 9.59 Å². The number of halogens is 1. The van der Waals surface area contributed by atoms with Gasteiger partial charge in [-0.15, -0.1) is 12.4 Å². The van der Waals surface area contributed by atoms with Crippen molar-refractivity contribution in [1.82, 2.24) is 16.0 Å². The number of benzene rings is 1. The van der Waals surface area contributed by atoms with Crippen molar-refractivity contribution in [1.29, 1.82) is 0 Å². The molecule has 27 heavy (non-hydrogen) atoms. The zero-order valence-corrected chi connectivity index (χ0v) is 16.4. The standard InChI is InChI=1S/C20H29N3O3.ClH/c24-19(18-7-4-12-21-18)22-13-15-8-10-17(11-9-15)23-20(25)26-14-16-5-2-1-3-6-16;/h1-3,5-6,15,17-18,21H,4,7-14H2,(H,22,24)(H,23,25);1H/t15?,17?,18-;/m0./s1. The van der Waals surface area contributed by atoms with E-state index in [4.69, 9.17) is 4.74 Å². The molecule has 6 nitrogen and oxygen atoms in total. The van der Waals surface area contributed by atoms with E-state index in [1.165, 1.54) is 0 Å². The predicted octanol–water partition coefficient (Wildman–Crippen LogP) is 2.76. The Balaban J connectivity index is 0.00000261. The highest BCUT2D eigenvalue weighted by molar-refractivity contribution is 5.85. The summed E-state index contributed by atoms with van der Waals surface area (Å²) in [5.74, 6) is 0.631. The van der Waals surface area contributed by atoms with Crippen molar-refractivity contribution in [2.24, 2.45) is 5.92 Å². The van der Waals surface area contributed by atoms with Gasteiger partial charge >= 0.3 is 6.09 Å². The minimum atomic E-state index is -0.349. The normalized spacial score (nSPS) is 24.5. The van der Waals surface area contributed by atoms with Crippen LogP contribution in [0.25, 0.3) is 0 Å². The summed E-state index contributed by atoms with van der Waals surface area (Å²) in [5, 5.41) is 9.26. The second-order valence-electron chi connectivity index (χ2n) is 7.32. The molecule has 2 aliphatic rings. The largest absolute Gasteiger partial charge is 0.445 e. The Hall–Kier alpha value is -1.79. The summed E-state index contributed by atoms with van der Waals surface area (Å²) in [6.45, 7) is 1.97. The highest BCUT2D eigenvalue weighted by Gasteiger charge is 2.25. The van der Waals surface area contributed by atoms with Crippen LogP contribution >= 0.6 is 12.4 Å². The number of hydrogen-bond donors (Lipinski definition) is 3. The first-order valence-corrected chi connectivity index (χ1v) is 9.69. The molecule has 1 aliphatic heterocycles. The first-order valence-electron chi connectivity index (χ1n) is 9.69. The van der Waals surface area contributed by atoms with Gasteiger partial charge in [0.15, 0.2) is 0 Å². The lowest BCUT2D eigenvalue weighted by Gasteiger charge is -2.29. The van der Waals surface area contributed by atoms with Gasteiger partial charge in [-0.3, -0.25) is 4.79 Å². The first-order chi connectivity index (χ1) is 12.7. The molecule has 0 spiro atoms. The van der Waals surface area contributed by atoms with Gasteiger partial charge in [-0.2, -0.15) is 0 Å². The lowest BCUT2D eigenvalue weighted by Crippen LogP contribution is -2.44. The Bertz CT molecular complexity index is 585. The molecule has 1 saturated heterocycles. The molecule has 1 aromatic rings. The van der Waals surface area contributed by atoms with Gasteiger partial charge in [0.1, 0.15) is 6.61 Å². The topological polar surface area (TPSA) is 79.5 Å². The lowest BCUT2D eigenvalue weighted by molar-refractivity contribution is -0.123. The summed E-state index contributed by atoms with van der Waals surface area (Å²) >= 11 is 0. The summed E-state index contributed by atoms with van der Waals surface area (Å²) in [4.78, 5) is 24.0. The monoisotopic (exact) mass is 395 g/mol. The molecule has 7 heteroatoms. The summed E-state index contributed by atoms with van der Waals surface area (Å²) in [7, 11) is 0. The van der Waals surface area contributed by atoms with Gasteiger partial charge < -0.3 is 20.7 Å². The van der Waals surface area contributed by atoms with Crippen LogP contribution in [-0.4, -0.2) is 37.2 Å². The average molecular weight is 396 g/mol. The van der Waals surface area contributed by atoms with Crippen LogP contribution in [0.2, 0.25) is 0 Å². The maximum atomic E-state index is 12.0. The predicted molar refractivity (Wildman–Crippen MR) is 107 cm³/mol. The SMILES string of the molecule is Cl.O=C(NC1CCC(CNC(=O)[C@@H]2CCCN2)CC1)OCc1ccccc1. The Kier molecular flexibility index (Phi) is 8.88. The van der Waals surface area contributed by atoms with Crippen molar-refractivity contribution in [3.05, 3.63) is 35.9 Å². The molecule has 0 bridgehead atoms. The van der Waals surface area contributed by atoms with Crippen LogP contribution in [0.15, 0.2) is 30.3 Å². The van der Waals surface area contributed by atoms with Crippen molar-refractivity contribution < 1.29 is 14.3 Å². The summed E-state index contributed by atoms with van der Waals surface area (Å²) in [6, 6.07) is 9.84. The van der Waals surface area contributed by atoms with Gasteiger partial charge in [-0.05, 0) is 56.6 Å². The molecule has 1 heterocycles. The van der Waals surface area contributed by atoms with Crippen LogP contribution in [0.1, 0.15) is 44.1 Å². The molecule has 0 unspecified atom stereocenters. The van der Waals surface area contributed by atoms with Crippen LogP contribution < -0.4 is 16.0 Å². The maximum Gasteiger partial charge on any atom is 0.407 e. The van der Waals surface area contributed by atoms with Crippen molar-refractivity contribution in [3.63, 3.8) is 0 Å². The van der Waals surface area contributed by atoms with Gasteiger partial charge in [0.25, 0.3) is 0 Å². The molecule has 2 fully saturated rings. The minimum absolute atomic E-state index is 0. The van der Waals surface area contributed by atoms with Gasteiger partial charge in [0.2, 0.25) is 5.91 Å². The third-order valence-corrected chi connectivity index (χ3v) is 5.32. The summed E-state index contributed by atoms with van der Waals surface area (Å²) in [5.41, 5.74) is 0.985. The minimum Gasteiger partial charge on any atom is -0.445 e. The number of alkyl carbamates (subject to hydrolysis) is 1. The van der Waals surface area contributed by atoms with Crippen LogP contribution in [0.5, 0.6) is 0 Å². The van der Waals surface area contributed by atoms with Crippen molar-refractivity contribution in [2.75, 3.05) is 13.1 Å². The molecule has 1 saturated carbocycles. The van der Waals surface area contributed by atoms with Gasteiger partial charge in [0.05, 0.1) is 6.04 Å². The van der Waals surface area contributed by atoms with Crippen LogP contribution in [-0.2, 0) is 16.1 Å². The summed E-state index contributed by atoms with van der Waals surface area (Å²) < 4.78 is 5.28. The zero-order chi connectivity index (χ0) is 18.2. The van der Waals surface area contributed by atoms with Crippen molar-refractivity contribution in [3.8, 4) is 0 Å². The number of ether oxygens (including phenoxy) is 1. The molecule has 2 amide bonds. The quantitative estimate of drug-likeness (QED) is 0.692. The number of amides is 2. The number of carbonyl (C=O) groups excluding carboxylic acids is 2. The second-order valence-corrected chi connectivity index (χ2v) is 7.32. The molecule has 3 N–H and O–H groups in total. The molecule has 1 aromatic carbocycles. The molecule has 0 radical (unpaired) electrons. The molecule has 150 valence electrons. The van der Waals surface area contributed by atoms with Gasteiger partial charge in [-0.1, -0.05) is 30.3 Å². The fourth-order valence-corrected chi connectivity index (χ4v) is 3.72. The summed E-state index contributed by atoms with van der Waals surface area (Å²) in [6.07, 6.45) is 5.57. The average Bonchev–Trinajstić information content (AvgIpc) is 3.21. The number of rotatable bonds is 6. The van der Waals surface area contributed by atoms with E-state index < -0.39 is 0 Å². The Morgan fingerprint density at radius 3 is 2.48 bits per heavy atom. The van der Waals surface area contributed by atoms with Gasteiger partial charge in [0, 0.05) is 12.6 Å². The molecule has 0 aromatic heterocycles. The van der Waals surface area contributed by atoms with E-state index in [0.717, 1.165) is 57.2 Å². The number of hydrogen-bond acceptors (Lipinski definition) is 4. The second kappa shape index (κ2) is 11.1. The third-order valence-electron chi connectivity index (χ3n) is 5.32. The fourth-order valence-electron chi connectivity index (χ4n) is 3.72. The van der Waals surface area contributed by atoms with Crippen LogP contribution in [0.3, 0.4) is 0 Å². The molecule has 1 atom stereocenters. The Morgan fingerprint density at radius 2 is 1.81 bits per heavy atom. The molecular formula is C20H30ClN3O3. The first kappa shape index (κ1) is 21.5. The zero-order valence-electron chi connectivity index (χ0n) is 15.6. The van der Waals surface area contributed by atoms with E-state index in [-0.39, 0.29) is 36.5 Å². The van der Waals surface area contributed by atoms with E-state index in [1.807, 2.05) is 30.3 Å². The maximum absolute atomic E-state index is 12.0. The fraction of sp³-hybridized carbons (Fsp3) is 0.600. The number of nitrogens with one attached hydrogen (secondary N) is 3.